The molecule has 0 aliphatic heterocycles. The van der Waals surface area contributed by atoms with E-state index in [9.17, 15) is 5.11 Å². The highest BCUT2D eigenvalue weighted by molar-refractivity contribution is 7.09. The molecule has 1 aromatic heterocycles. The highest BCUT2D eigenvalue weighted by atomic mass is 32.1. The van der Waals surface area contributed by atoms with E-state index in [4.69, 9.17) is 0 Å². The molecule has 5 heteroatoms. The second-order valence-corrected chi connectivity index (χ2v) is 6.09. The molecular formula is C10H19N3OS. The van der Waals surface area contributed by atoms with Crippen LogP contribution in [-0.2, 0) is 5.41 Å². The first-order chi connectivity index (χ1) is 6.68. The summed E-state index contributed by atoms with van der Waals surface area (Å²) in [6.07, 6.45) is 0. The second kappa shape index (κ2) is 4.06. The highest BCUT2D eigenvalue weighted by Crippen LogP contribution is 2.23. The van der Waals surface area contributed by atoms with Crippen LogP contribution in [0.15, 0.2) is 0 Å². The molecule has 0 saturated heterocycles. The lowest BCUT2D eigenvalue weighted by Crippen LogP contribution is -2.29. The molecule has 2 N–H and O–H groups in total. The molecule has 15 heavy (non-hydrogen) atoms. The summed E-state index contributed by atoms with van der Waals surface area (Å²) in [6.45, 7) is 10.2. The third-order valence-electron chi connectivity index (χ3n) is 1.77. The van der Waals surface area contributed by atoms with Gasteiger partial charge in [0.25, 0.3) is 0 Å². The first kappa shape index (κ1) is 12.4. The fourth-order valence-corrected chi connectivity index (χ4v) is 1.64. The van der Waals surface area contributed by atoms with Crippen molar-refractivity contribution in [2.75, 3.05) is 11.9 Å². The summed E-state index contributed by atoms with van der Waals surface area (Å²) < 4.78 is 4.27. The van der Waals surface area contributed by atoms with Gasteiger partial charge in [0.05, 0.1) is 5.60 Å². The molecule has 1 aromatic rings. The Labute approximate surface area is 94.9 Å². The summed E-state index contributed by atoms with van der Waals surface area (Å²) in [4.78, 5) is 4.37. The molecule has 0 fully saturated rings. The third kappa shape index (κ3) is 4.13. The minimum absolute atomic E-state index is 0.0227. The molecule has 4 nitrogen and oxygen atoms in total. The zero-order valence-electron chi connectivity index (χ0n) is 9.96. The predicted molar refractivity (Wildman–Crippen MR) is 63.4 cm³/mol. The lowest BCUT2D eigenvalue weighted by molar-refractivity contribution is 0.0945. The van der Waals surface area contributed by atoms with Crippen molar-refractivity contribution in [3.8, 4) is 0 Å². The van der Waals surface area contributed by atoms with Crippen molar-refractivity contribution in [2.24, 2.45) is 0 Å². The number of rotatable bonds is 3. The predicted octanol–water partition coefficient (Wildman–Crippen LogP) is 2.02. The maximum absolute atomic E-state index is 9.54. The van der Waals surface area contributed by atoms with Crippen molar-refractivity contribution in [1.82, 2.24) is 9.36 Å². The van der Waals surface area contributed by atoms with Gasteiger partial charge in [0.15, 0.2) is 0 Å². The summed E-state index contributed by atoms with van der Waals surface area (Å²) in [7, 11) is 0. The maximum atomic E-state index is 9.54. The zero-order chi connectivity index (χ0) is 11.7. The minimum atomic E-state index is -0.729. The minimum Gasteiger partial charge on any atom is -0.389 e. The van der Waals surface area contributed by atoms with Crippen molar-refractivity contribution in [3.05, 3.63) is 5.82 Å². The average Bonchev–Trinajstić information content (AvgIpc) is 2.45. The van der Waals surface area contributed by atoms with E-state index in [1.165, 1.54) is 11.5 Å². The van der Waals surface area contributed by atoms with Gasteiger partial charge in [-0.05, 0) is 13.8 Å². The standard InChI is InChI=1S/C10H19N3OS/c1-9(2,3)7-12-8(15-13-7)11-6-10(4,5)14/h14H,6H2,1-5H3,(H,11,12,13). The van der Waals surface area contributed by atoms with Crippen LogP contribution in [0.25, 0.3) is 0 Å². The van der Waals surface area contributed by atoms with E-state index in [-0.39, 0.29) is 5.41 Å². The summed E-state index contributed by atoms with van der Waals surface area (Å²) in [6, 6.07) is 0. The summed E-state index contributed by atoms with van der Waals surface area (Å²) in [5.74, 6) is 0.839. The molecule has 1 heterocycles. The summed E-state index contributed by atoms with van der Waals surface area (Å²) in [5.41, 5.74) is -0.751. The molecule has 86 valence electrons. The van der Waals surface area contributed by atoms with Crippen LogP contribution >= 0.6 is 11.5 Å². The Kier molecular flexibility index (Phi) is 3.35. The normalized spacial score (nSPS) is 12.9. The number of aliphatic hydroxyl groups is 1. The van der Waals surface area contributed by atoms with Gasteiger partial charge in [-0.1, -0.05) is 20.8 Å². The first-order valence-electron chi connectivity index (χ1n) is 4.99. The van der Waals surface area contributed by atoms with E-state index >= 15 is 0 Å². The smallest absolute Gasteiger partial charge is 0.202 e. The molecule has 0 aliphatic carbocycles. The maximum Gasteiger partial charge on any atom is 0.202 e. The third-order valence-corrected chi connectivity index (χ3v) is 2.44. The van der Waals surface area contributed by atoms with E-state index in [0.717, 1.165) is 11.0 Å². The van der Waals surface area contributed by atoms with Crippen LogP contribution in [0.4, 0.5) is 5.13 Å². The van der Waals surface area contributed by atoms with Crippen LogP contribution in [-0.4, -0.2) is 26.6 Å². The Balaban J connectivity index is 2.62. The fraction of sp³-hybridized carbons (Fsp3) is 0.800. The van der Waals surface area contributed by atoms with Crippen molar-refractivity contribution in [2.45, 2.75) is 45.6 Å². The number of aromatic nitrogens is 2. The number of nitrogens with zero attached hydrogens (tertiary/aromatic N) is 2. The van der Waals surface area contributed by atoms with E-state index < -0.39 is 5.60 Å². The number of hydrogen-bond acceptors (Lipinski definition) is 5. The van der Waals surface area contributed by atoms with E-state index in [2.05, 4.69) is 35.4 Å². The Morgan fingerprint density at radius 3 is 2.27 bits per heavy atom. The van der Waals surface area contributed by atoms with Gasteiger partial charge in [-0.25, -0.2) is 4.98 Å². The van der Waals surface area contributed by atoms with Crippen molar-refractivity contribution in [1.29, 1.82) is 0 Å². The lowest BCUT2D eigenvalue weighted by Gasteiger charge is -2.16. The van der Waals surface area contributed by atoms with Crippen molar-refractivity contribution >= 4 is 16.7 Å². The number of nitrogens with one attached hydrogen (secondary N) is 1. The highest BCUT2D eigenvalue weighted by Gasteiger charge is 2.20. The number of hydrogen-bond donors (Lipinski definition) is 2. The van der Waals surface area contributed by atoms with Crippen molar-refractivity contribution < 1.29 is 5.11 Å². The largest absolute Gasteiger partial charge is 0.389 e. The van der Waals surface area contributed by atoms with Crippen molar-refractivity contribution in [3.63, 3.8) is 0 Å². The van der Waals surface area contributed by atoms with Gasteiger partial charge < -0.3 is 10.4 Å². The van der Waals surface area contributed by atoms with E-state index in [1.807, 2.05) is 0 Å². The molecule has 0 aliphatic rings. The van der Waals surface area contributed by atoms with Crippen LogP contribution in [0.1, 0.15) is 40.4 Å². The van der Waals surface area contributed by atoms with Crippen LogP contribution in [0.2, 0.25) is 0 Å². The molecule has 0 unspecified atom stereocenters. The Morgan fingerprint density at radius 2 is 1.87 bits per heavy atom. The number of anilines is 1. The van der Waals surface area contributed by atoms with Crippen LogP contribution in [0.5, 0.6) is 0 Å². The lowest BCUT2D eigenvalue weighted by atomic mass is 9.96. The summed E-state index contributed by atoms with van der Waals surface area (Å²) in [5, 5.41) is 13.4. The molecule has 0 spiro atoms. The van der Waals surface area contributed by atoms with Crippen LogP contribution in [0.3, 0.4) is 0 Å². The second-order valence-electron chi connectivity index (χ2n) is 5.34. The molecule has 0 radical (unpaired) electrons. The van der Waals surface area contributed by atoms with Gasteiger partial charge in [-0.3, -0.25) is 0 Å². The van der Waals surface area contributed by atoms with Gasteiger partial charge in [0.2, 0.25) is 5.13 Å². The SMILES string of the molecule is CC(C)(O)CNc1nc(C(C)(C)C)ns1. The van der Waals surface area contributed by atoms with Gasteiger partial charge in [-0.2, -0.15) is 4.37 Å². The van der Waals surface area contributed by atoms with Crippen LogP contribution < -0.4 is 5.32 Å². The molecule has 0 atom stereocenters. The first-order valence-corrected chi connectivity index (χ1v) is 5.76. The van der Waals surface area contributed by atoms with E-state index in [1.54, 1.807) is 13.8 Å². The quantitative estimate of drug-likeness (QED) is 0.832. The topological polar surface area (TPSA) is 58.0 Å². The molecule has 0 aromatic carbocycles. The van der Waals surface area contributed by atoms with Gasteiger partial charge in [-0.15, -0.1) is 0 Å². The molecular weight excluding hydrogens is 210 g/mol. The van der Waals surface area contributed by atoms with Gasteiger partial charge in [0.1, 0.15) is 5.82 Å². The van der Waals surface area contributed by atoms with E-state index in [0.29, 0.717) is 6.54 Å². The Hall–Kier alpha value is -0.680. The molecule has 0 bridgehead atoms. The monoisotopic (exact) mass is 229 g/mol. The van der Waals surface area contributed by atoms with Gasteiger partial charge in [0, 0.05) is 23.5 Å². The summed E-state index contributed by atoms with van der Waals surface area (Å²) >= 11 is 1.33. The molecule has 0 saturated carbocycles. The Bertz CT molecular complexity index is 322. The molecule has 1 rings (SSSR count). The van der Waals surface area contributed by atoms with Gasteiger partial charge >= 0.3 is 0 Å². The Morgan fingerprint density at radius 1 is 1.27 bits per heavy atom. The zero-order valence-corrected chi connectivity index (χ0v) is 10.8. The van der Waals surface area contributed by atoms with Crippen LogP contribution in [0, 0.1) is 0 Å². The average molecular weight is 229 g/mol. The fourth-order valence-electron chi connectivity index (χ4n) is 0.892. The molecule has 0 amide bonds.